The maximum atomic E-state index is 13.5. The molecule has 0 aromatic carbocycles. The van der Waals surface area contributed by atoms with Gasteiger partial charge in [0.15, 0.2) is 6.04 Å². The van der Waals surface area contributed by atoms with Gasteiger partial charge in [-0.2, -0.15) is 23.3 Å². The Morgan fingerprint density at radius 1 is 1.19 bits per heavy atom. The van der Waals surface area contributed by atoms with Gasteiger partial charge in [-0.05, 0) is 38.0 Å². The van der Waals surface area contributed by atoms with Crippen LogP contribution in [0.3, 0.4) is 0 Å². The summed E-state index contributed by atoms with van der Waals surface area (Å²) in [5, 5.41) is 6.87. The summed E-state index contributed by atoms with van der Waals surface area (Å²) in [6.45, 7) is 1.25. The lowest BCUT2D eigenvalue weighted by Crippen LogP contribution is -2.50. The number of hydrogen-bond donors (Lipinski definition) is 1. The van der Waals surface area contributed by atoms with Crippen molar-refractivity contribution in [3.63, 3.8) is 0 Å². The highest BCUT2D eigenvalue weighted by Crippen LogP contribution is 2.41. The number of aromatic nitrogens is 3. The molecule has 0 spiro atoms. The van der Waals surface area contributed by atoms with Crippen molar-refractivity contribution < 1.29 is 18.0 Å². The Labute approximate surface area is 150 Å². The topological polar surface area (TPSA) is 63.1 Å². The van der Waals surface area contributed by atoms with E-state index in [1.807, 2.05) is 4.90 Å². The minimum atomic E-state index is -4.36. The first-order valence-corrected chi connectivity index (χ1v) is 9.45. The van der Waals surface area contributed by atoms with Crippen LogP contribution in [0.1, 0.15) is 51.0 Å². The van der Waals surface area contributed by atoms with Crippen LogP contribution in [0, 0.1) is 11.8 Å². The number of fused-ring (bicyclic) bond motifs is 1. The average Bonchev–Trinajstić information content (AvgIpc) is 3.31. The van der Waals surface area contributed by atoms with Crippen molar-refractivity contribution in [2.24, 2.45) is 11.8 Å². The number of halogens is 3. The van der Waals surface area contributed by atoms with Crippen LogP contribution in [-0.2, 0) is 4.79 Å². The summed E-state index contributed by atoms with van der Waals surface area (Å²) < 4.78 is 41.3. The van der Waals surface area contributed by atoms with Gasteiger partial charge in [-0.1, -0.05) is 12.8 Å². The van der Waals surface area contributed by atoms with Crippen LogP contribution in [0.5, 0.6) is 0 Å². The third-order valence-corrected chi connectivity index (χ3v) is 6.08. The van der Waals surface area contributed by atoms with Crippen molar-refractivity contribution in [2.45, 2.75) is 63.2 Å². The SMILES string of the molecule is O=C(C1CCCC1)N1CCCC([C@@H]2C[C@H](C(F)(F)F)n3ncnc3N2)C1. The molecule has 3 atom stereocenters. The molecule has 1 amide bonds. The Morgan fingerprint density at radius 2 is 1.96 bits per heavy atom. The molecule has 2 fully saturated rings. The summed E-state index contributed by atoms with van der Waals surface area (Å²) in [7, 11) is 0. The van der Waals surface area contributed by atoms with Crippen LogP contribution >= 0.6 is 0 Å². The Kier molecular flexibility index (Phi) is 4.56. The molecule has 1 saturated heterocycles. The second-order valence-electron chi connectivity index (χ2n) is 7.74. The molecule has 1 aliphatic carbocycles. The minimum Gasteiger partial charge on any atom is -0.351 e. The van der Waals surface area contributed by atoms with E-state index in [-0.39, 0.29) is 36.2 Å². The second kappa shape index (κ2) is 6.74. The molecular weight excluding hydrogens is 347 g/mol. The van der Waals surface area contributed by atoms with Crippen LogP contribution in [0.15, 0.2) is 6.33 Å². The van der Waals surface area contributed by atoms with E-state index < -0.39 is 12.2 Å². The molecule has 0 bridgehead atoms. The first kappa shape index (κ1) is 17.6. The van der Waals surface area contributed by atoms with Gasteiger partial charge in [-0.15, -0.1) is 0 Å². The van der Waals surface area contributed by atoms with Crippen LogP contribution in [-0.4, -0.2) is 50.9 Å². The average molecular weight is 371 g/mol. The minimum absolute atomic E-state index is 0.00408. The zero-order valence-electron chi connectivity index (χ0n) is 14.6. The molecule has 2 aliphatic heterocycles. The van der Waals surface area contributed by atoms with Crippen molar-refractivity contribution in [3.8, 4) is 0 Å². The van der Waals surface area contributed by atoms with E-state index in [0.717, 1.165) is 56.1 Å². The third-order valence-electron chi connectivity index (χ3n) is 6.08. The molecule has 1 unspecified atom stereocenters. The molecule has 9 heteroatoms. The molecule has 1 aromatic rings. The summed E-state index contributed by atoms with van der Waals surface area (Å²) in [6.07, 6.45) is 2.46. The predicted octanol–water partition coefficient (Wildman–Crippen LogP) is 2.99. The molecular formula is C17H24F3N5O. The van der Waals surface area contributed by atoms with Crippen molar-refractivity contribution in [1.82, 2.24) is 19.7 Å². The largest absolute Gasteiger partial charge is 0.411 e. The molecule has 144 valence electrons. The van der Waals surface area contributed by atoms with E-state index in [1.165, 1.54) is 0 Å². The fourth-order valence-corrected chi connectivity index (χ4v) is 4.70. The number of carbonyl (C=O) groups is 1. The van der Waals surface area contributed by atoms with Gasteiger partial charge in [0.1, 0.15) is 6.33 Å². The third kappa shape index (κ3) is 3.27. The van der Waals surface area contributed by atoms with Gasteiger partial charge in [0, 0.05) is 25.0 Å². The monoisotopic (exact) mass is 371 g/mol. The molecule has 26 heavy (non-hydrogen) atoms. The molecule has 3 aliphatic rings. The predicted molar refractivity (Wildman–Crippen MR) is 88.4 cm³/mol. The normalized spacial score (nSPS) is 30.1. The van der Waals surface area contributed by atoms with Gasteiger partial charge in [0.2, 0.25) is 11.9 Å². The number of rotatable bonds is 2. The van der Waals surface area contributed by atoms with Gasteiger partial charge in [0.05, 0.1) is 0 Å². The molecule has 3 heterocycles. The summed E-state index contributed by atoms with van der Waals surface area (Å²) in [4.78, 5) is 18.5. The summed E-state index contributed by atoms with van der Waals surface area (Å²) >= 11 is 0. The smallest absolute Gasteiger partial charge is 0.351 e. The molecule has 1 aromatic heterocycles. The number of carbonyl (C=O) groups excluding carboxylic acids is 1. The Morgan fingerprint density at radius 3 is 2.69 bits per heavy atom. The number of nitrogens with zero attached hydrogens (tertiary/aromatic N) is 4. The van der Waals surface area contributed by atoms with Crippen molar-refractivity contribution in [2.75, 3.05) is 18.4 Å². The van der Waals surface area contributed by atoms with Crippen LogP contribution in [0.25, 0.3) is 0 Å². The molecule has 1 N–H and O–H groups in total. The number of hydrogen-bond acceptors (Lipinski definition) is 4. The maximum absolute atomic E-state index is 13.5. The first-order valence-electron chi connectivity index (χ1n) is 9.45. The molecule has 0 radical (unpaired) electrons. The standard InChI is InChI=1S/C17H24F3N5O/c18-17(19,20)14-8-13(23-16-21-10-22-25(14)16)12-6-3-7-24(9-12)15(26)11-4-1-2-5-11/h10-14H,1-9H2,(H,21,22,23)/t12?,13-,14+/m0/s1. The van der Waals surface area contributed by atoms with E-state index in [4.69, 9.17) is 0 Å². The fraction of sp³-hybridized carbons (Fsp3) is 0.824. The van der Waals surface area contributed by atoms with Crippen molar-refractivity contribution >= 4 is 11.9 Å². The van der Waals surface area contributed by atoms with Crippen LogP contribution in [0.2, 0.25) is 0 Å². The lowest BCUT2D eigenvalue weighted by atomic mass is 9.85. The molecule has 4 rings (SSSR count). The van der Waals surface area contributed by atoms with E-state index >= 15 is 0 Å². The van der Waals surface area contributed by atoms with Gasteiger partial charge < -0.3 is 10.2 Å². The first-order chi connectivity index (χ1) is 12.4. The van der Waals surface area contributed by atoms with E-state index in [9.17, 15) is 18.0 Å². The van der Waals surface area contributed by atoms with Crippen molar-refractivity contribution in [3.05, 3.63) is 6.33 Å². The van der Waals surface area contributed by atoms with Gasteiger partial charge >= 0.3 is 6.18 Å². The summed E-state index contributed by atoms with van der Waals surface area (Å²) in [5.41, 5.74) is 0. The Bertz CT molecular complexity index is 655. The second-order valence-corrected chi connectivity index (χ2v) is 7.74. The Hall–Kier alpha value is -1.80. The van der Waals surface area contributed by atoms with Gasteiger partial charge in [0.25, 0.3) is 0 Å². The van der Waals surface area contributed by atoms with E-state index in [1.54, 1.807) is 0 Å². The van der Waals surface area contributed by atoms with Gasteiger partial charge in [-0.3, -0.25) is 4.79 Å². The van der Waals surface area contributed by atoms with E-state index in [0.29, 0.717) is 6.54 Å². The van der Waals surface area contributed by atoms with Crippen LogP contribution in [0.4, 0.5) is 19.1 Å². The fourth-order valence-electron chi connectivity index (χ4n) is 4.70. The zero-order valence-corrected chi connectivity index (χ0v) is 14.6. The number of amides is 1. The maximum Gasteiger partial charge on any atom is 0.411 e. The zero-order chi connectivity index (χ0) is 18.3. The van der Waals surface area contributed by atoms with Crippen LogP contribution < -0.4 is 5.32 Å². The van der Waals surface area contributed by atoms with Crippen molar-refractivity contribution in [1.29, 1.82) is 0 Å². The summed E-state index contributed by atoms with van der Waals surface area (Å²) in [5.74, 6) is 0.477. The highest BCUT2D eigenvalue weighted by atomic mass is 19.4. The number of anilines is 1. The lowest BCUT2D eigenvalue weighted by molar-refractivity contribution is -0.175. The molecule has 1 saturated carbocycles. The highest BCUT2D eigenvalue weighted by molar-refractivity contribution is 5.79. The number of nitrogens with one attached hydrogen (secondary N) is 1. The van der Waals surface area contributed by atoms with Gasteiger partial charge in [-0.25, -0.2) is 4.68 Å². The summed E-state index contributed by atoms with van der Waals surface area (Å²) in [6, 6.07) is -2.01. The number of piperidine rings is 1. The highest BCUT2D eigenvalue weighted by Gasteiger charge is 2.48. The molecule has 6 nitrogen and oxygen atoms in total. The lowest BCUT2D eigenvalue weighted by Gasteiger charge is -2.41. The Balaban J connectivity index is 1.48. The van der Waals surface area contributed by atoms with E-state index in [2.05, 4.69) is 15.4 Å². The number of alkyl halides is 3. The number of likely N-dealkylation sites (tertiary alicyclic amines) is 1. The quantitative estimate of drug-likeness (QED) is 0.868.